The number of morpholine rings is 1. The van der Waals surface area contributed by atoms with E-state index < -0.39 is 0 Å². The summed E-state index contributed by atoms with van der Waals surface area (Å²) in [4.78, 5) is 16.6. The second-order valence-corrected chi connectivity index (χ2v) is 6.71. The smallest absolute Gasteiger partial charge is 0.320 e. The molecule has 1 aromatic rings. The molecule has 1 unspecified atom stereocenters. The Labute approximate surface area is 126 Å². The summed E-state index contributed by atoms with van der Waals surface area (Å²) in [5, 5.41) is 0. The zero-order chi connectivity index (χ0) is 14.9. The van der Waals surface area contributed by atoms with Crippen LogP contribution in [0, 0.1) is 5.41 Å². The molecule has 0 aliphatic carbocycles. The normalized spacial score (nSPS) is 25.1. The maximum absolute atomic E-state index is 12.7. The van der Waals surface area contributed by atoms with Crippen molar-refractivity contribution in [2.24, 2.45) is 5.41 Å². The van der Waals surface area contributed by atoms with Gasteiger partial charge in [-0.3, -0.25) is 0 Å². The van der Waals surface area contributed by atoms with Gasteiger partial charge in [-0.25, -0.2) is 4.79 Å². The Bertz CT molecular complexity index is 495. The number of benzene rings is 1. The summed E-state index contributed by atoms with van der Waals surface area (Å²) in [7, 11) is 0. The summed E-state index contributed by atoms with van der Waals surface area (Å²) >= 11 is 0. The van der Waals surface area contributed by atoms with Crippen LogP contribution in [0.2, 0.25) is 0 Å². The number of likely N-dealkylation sites (tertiary alicyclic amines) is 1. The first-order valence-corrected chi connectivity index (χ1v) is 7.74. The minimum atomic E-state index is 0.114. The minimum Gasteiger partial charge on any atom is -0.378 e. The number of rotatable bonds is 1. The standard InChI is InChI=1S/C17H24N2O2/c1-17(2)13-19(16(20)18-8-10-21-11-9-18)12-15(17)14-6-4-3-5-7-14/h3-7,15H,8-13H2,1-2H3. The van der Waals surface area contributed by atoms with Gasteiger partial charge in [0.05, 0.1) is 13.2 Å². The van der Waals surface area contributed by atoms with E-state index in [9.17, 15) is 4.79 Å². The lowest BCUT2D eigenvalue weighted by atomic mass is 9.78. The second-order valence-electron chi connectivity index (χ2n) is 6.71. The average molecular weight is 288 g/mol. The van der Waals surface area contributed by atoms with Gasteiger partial charge in [0.1, 0.15) is 0 Å². The molecule has 2 aliphatic heterocycles. The number of carbonyl (C=O) groups is 1. The molecule has 0 aromatic heterocycles. The molecule has 0 N–H and O–H groups in total. The first-order chi connectivity index (χ1) is 10.1. The predicted octanol–water partition coefficient (Wildman–Crippen LogP) is 2.56. The number of hydrogen-bond acceptors (Lipinski definition) is 2. The monoisotopic (exact) mass is 288 g/mol. The molecule has 1 aromatic carbocycles. The van der Waals surface area contributed by atoms with Crippen molar-refractivity contribution in [3.05, 3.63) is 35.9 Å². The molecule has 2 saturated heterocycles. The topological polar surface area (TPSA) is 32.8 Å². The second kappa shape index (κ2) is 5.68. The van der Waals surface area contributed by atoms with E-state index in [-0.39, 0.29) is 11.4 Å². The lowest BCUT2D eigenvalue weighted by molar-refractivity contribution is 0.0445. The van der Waals surface area contributed by atoms with Gasteiger partial charge in [0.2, 0.25) is 0 Å². The van der Waals surface area contributed by atoms with Crippen LogP contribution in [0.3, 0.4) is 0 Å². The number of hydrogen-bond donors (Lipinski definition) is 0. The Morgan fingerprint density at radius 2 is 1.81 bits per heavy atom. The summed E-state index contributed by atoms with van der Waals surface area (Å²) < 4.78 is 5.33. The SMILES string of the molecule is CC1(C)CN(C(=O)N2CCOCC2)CC1c1ccccc1. The van der Waals surface area contributed by atoms with Crippen molar-refractivity contribution in [3.8, 4) is 0 Å². The van der Waals surface area contributed by atoms with E-state index >= 15 is 0 Å². The molecule has 2 aliphatic rings. The van der Waals surface area contributed by atoms with E-state index in [1.165, 1.54) is 5.56 Å². The summed E-state index contributed by atoms with van der Waals surface area (Å²) in [6.07, 6.45) is 0. The van der Waals surface area contributed by atoms with Crippen molar-refractivity contribution in [2.45, 2.75) is 19.8 Å². The molecule has 0 spiro atoms. The first-order valence-electron chi connectivity index (χ1n) is 7.74. The quantitative estimate of drug-likeness (QED) is 0.795. The lowest BCUT2D eigenvalue weighted by Crippen LogP contribution is -2.47. The predicted molar refractivity (Wildman–Crippen MR) is 82.3 cm³/mol. The van der Waals surface area contributed by atoms with Gasteiger partial charge in [0.25, 0.3) is 0 Å². The highest BCUT2D eigenvalue weighted by molar-refractivity contribution is 5.75. The van der Waals surface area contributed by atoms with Gasteiger partial charge < -0.3 is 14.5 Å². The van der Waals surface area contributed by atoms with Gasteiger partial charge in [-0.2, -0.15) is 0 Å². The first kappa shape index (κ1) is 14.4. The van der Waals surface area contributed by atoms with Crippen LogP contribution in [-0.2, 0) is 4.74 Å². The molecule has 0 saturated carbocycles. The van der Waals surface area contributed by atoms with Crippen molar-refractivity contribution >= 4 is 6.03 Å². The zero-order valence-electron chi connectivity index (χ0n) is 12.9. The Kier molecular flexibility index (Phi) is 3.89. The molecule has 4 nitrogen and oxygen atoms in total. The van der Waals surface area contributed by atoms with Crippen LogP contribution in [0.5, 0.6) is 0 Å². The lowest BCUT2D eigenvalue weighted by Gasteiger charge is -2.31. The van der Waals surface area contributed by atoms with Crippen LogP contribution in [0.4, 0.5) is 4.79 Å². The summed E-state index contributed by atoms with van der Waals surface area (Å²) in [5.41, 5.74) is 1.45. The van der Waals surface area contributed by atoms with Crippen molar-refractivity contribution in [1.82, 2.24) is 9.80 Å². The molecule has 114 valence electrons. The van der Waals surface area contributed by atoms with E-state index in [1.807, 2.05) is 15.9 Å². The molecule has 2 heterocycles. The van der Waals surface area contributed by atoms with Crippen molar-refractivity contribution in [2.75, 3.05) is 39.4 Å². The summed E-state index contributed by atoms with van der Waals surface area (Å²) in [6, 6.07) is 10.7. The number of nitrogens with zero attached hydrogens (tertiary/aromatic N) is 2. The molecular formula is C17H24N2O2. The van der Waals surface area contributed by atoms with Crippen LogP contribution in [0.15, 0.2) is 30.3 Å². The number of ether oxygens (including phenoxy) is 1. The fourth-order valence-corrected chi connectivity index (χ4v) is 3.48. The maximum Gasteiger partial charge on any atom is 0.320 e. The molecule has 0 radical (unpaired) electrons. The highest BCUT2D eigenvalue weighted by Crippen LogP contribution is 2.42. The van der Waals surface area contributed by atoms with Gasteiger partial charge in [0.15, 0.2) is 0 Å². The Hall–Kier alpha value is -1.55. The van der Waals surface area contributed by atoms with E-state index in [1.54, 1.807) is 0 Å². The van der Waals surface area contributed by atoms with E-state index in [2.05, 4.69) is 38.1 Å². The summed E-state index contributed by atoms with van der Waals surface area (Å²) in [5.74, 6) is 0.406. The van der Waals surface area contributed by atoms with E-state index in [0.717, 1.165) is 13.1 Å². The Balaban J connectivity index is 1.74. The van der Waals surface area contributed by atoms with Gasteiger partial charge in [-0.1, -0.05) is 44.2 Å². The van der Waals surface area contributed by atoms with Crippen LogP contribution >= 0.6 is 0 Å². The Morgan fingerprint density at radius 1 is 1.14 bits per heavy atom. The largest absolute Gasteiger partial charge is 0.378 e. The highest BCUT2D eigenvalue weighted by Gasteiger charge is 2.43. The number of urea groups is 1. The molecule has 1 atom stereocenters. The van der Waals surface area contributed by atoms with Crippen LogP contribution in [0.25, 0.3) is 0 Å². The third-order valence-corrected chi connectivity index (χ3v) is 4.70. The third-order valence-electron chi connectivity index (χ3n) is 4.70. The minimum absolute atomic E-state index is 0.114. The van der Waals surface area contributed by atoms with Gasteiger partial charge in [-0.05, 0) is 11.0 Å². The van der Waals surface area contributed by atoms with Crippen LogP contribution in [0.1, 0.15) is 25.3 Å². The van der Waals surface area contributed by atoms with Crippen molar-refractivity contribution in [3.63, 3.8) is 0 Å². The fourth-order valence-electron chi connectivity index (χ4n) is 3.48. The average Bonchev–Trinajstić information content (AvgIpc) is 2.84. The highest BCUT2D eigenvalue weighted by atomic mass is 16.5. The molecular weight excluding hydrogens is 264 g/mol. The van der Waals surface area contributed by atoms with E-state index in [4.69, 9.17) is 4.74 Å². The molecule has 0 bridgehead atoms. The molecule has 3 rings (SSSR count). The fraction of sp³-hybridized carbons (Fsp3) is 0.588. The zero-order valence-corrected chi connectivity index (χ0v) is 12.9. The van der Waals surface area contributed by atoms with Gasteiger partial charge in [-0.15, -0.1) is 0 Å². The van der Waals surface area contributed by atoms with Crippen LogP contribution in [-0.4, -0.2) is 55.2 Å². The molecule has 2 amide bonds. The van der Waals surface area contributed by atoms with Gasteiger partial charge in [0, 0.05) is 32.1 Å². The molecule has 2 fully saturated rings. The van der Waals surface area contributed by atoms with Gasteiger partial charge >= 0.3 is 6.03 Å². The Morgan fingerprint density at radius 3 is 2.48 bits per heavy atom. The number of carbonyl (C=O) groups excluding carboxylic acids is 1. The number of amides is 2. The molecule has 21 heavy (non-hydrogen) atoms. The maximum atomic E-state index is 12.7. The van der Waals surface area contributed by atoms with Crippen LogP contribution < -0.4 is 0 Å². The summed E-state index contributed by atoms with van der Waals surface area (Å²) in [6.45, 7) is 8.90. The van der Waals surface area contributed by atoms with Crippen molar-refractivity contribution < 1.29 is 9.53 Å². The third kappa shape index (κ3) is 2.91. The molecule has 4 heteroatoms. The van der Waals surface area contributed by atoms with Crippen molar-refractivity contribution in [1.29, 1.82) is 0 Å². The van der Waals surface area contributed by atoms with E-state index in [0.29, 0.717) is 32.2 Å².